The summed E-state index contributed by atoms with van der Waals surface area (Å²) in [6.07, 6.45) is 2.74. The predicted molar refractivity (Wildman–Crippen MR) is 114 cm³/mol. The number of carbonyl (C=O) groups excluding carboxylic acids is 3. The van der Waals surface area contributed by atoms with Gasteiger partial charge in [0.25, 0.3) is 11.8 Å². The van der Waals surface area contributed by atoms with Crippen molar-refractivity contribution in [3.8, 4) is 11.4 Å². The zero-order valence-electron chi connectivity index (χ0n) is 17.7. The number of ether oxygens (including phenoxy) is 2. The molecule has 10 heteroatoms. The number of nitrogens with zero attached hydrogens (tertiary/aromatic N) is 4. The number of halogens is 1. The maximum atomic E-state index is 14.9. The lowest BCUT2D eigenvalue weighted by Crippen LogP contribution is -2.32. The summed E-state index contributed by atoms with van der Waals surface area (Å²) >= 11 is 0. The molecule has 2 aromatic carbocycles. The Labute approximate surface area is 187 Å². The van der Waals surface area contributed by atoms with Gasteiger partial charge in [-0.1, -0.05) is 5.21 Å². The number of amides is 2. The molecule has 1 aliphatic carbocycles. The molecule has 0 N–H and O–H groups in total. The van der Waals surface area contributed by atoms with Gasteiger partial charge in [-0.25, -0.2) is 18.8 Å². The molecule has 0 spiro atoms. The van der Waals surface area contributed by atoms with Crippen molar-refractivity contribution in [2.45, 2.75) is 25.7 Å². The largest absolute Gasteiger partial charge is 0.482 e. The third kappa shape index (κ3) is 3.53. The highest BCUT2D eigenvalue weighted by molar-refractivity contribution is 6.33. The molecule has 3 aromatic rings. The lowest BCUT2D eigenvalue weighted by atomic mass is 9.93. The van der Waals surface area contributed by atoms with Gasteiger partial charge in [0.1, 0.15) is 17.1 Å². The molecule has 0 radical (unpaired) electrons. The van der Waals surface area contributed by atoms with Gasteiger partial charge in [-0.15, -0.1) is 5.10 Å². The minimum atomic E-state index is -0.720. The van der Waals surface area contributed by atoms with Crippen molar-refractivity contribution in [3.05, 3.63) is 53.4 Å². The molecule has 5 rings (SSSR count). The quantitative estimate of drug-likeness (QED) is 0.435. The summed E-state index contributed by atoms with van der Waals surface area (Å²) in [5.74, 6) is -1.69. The molecule has 0 atom stereocenters. The van der Waals surface area contributed by atoms with E-state index in [9.17, 15) is 18.8 Å². The third-order valence-corrected chi connectivity index (χ3v) is 5.81. The molecule has 2 heterocycles. The lowest BCUT2D eigenvalue weighted by Gasteiger charge is -2.16. The average molecular weight is 450 g/mol. The highest BCUT2D eigenvalue weighted by Gasteiger charge is 2.41. The number of hydrogen-bond donors (Lipinski definition) is 0. The number of benzene rings is 2. The SMILES string of the molecule is COC(=O)COc1ccc(-n2nnc3cc(F)c(N4C(=O)C5=C(CCCC5)C4=O)cc32)cc1. The van der Waals surface area contributed by atoms with Gasteiger partial charge in [0, 0.05) is 17.2 Å². The van der Waals surface area contributed by atoms with Crippen LogP contribution < -0.4 is 9.64 Å². The summed E-state index contributed by atoms with van der Waals surface area (Å²) < 4.78 is 26.3. The second kappa shape index (κ2) is 8.12. The minimum absolute atomic E-state index is 0.117. The number of methoxy groups -OCH3 is 1. The number of imide groups is 1. The van der Waals surface area contributed by atoms with E-state index in [-0.39, 0.29) is 17.8 Å². The standard InChI is InChI=1S/C23H19FN4O5/c1-32-21(29)12-33-14-8-6-13(7-9-14)28-20-11-19(17(24)10-18(20)25-26-28)27-22(30)15-4-2-3-5-16(15)23(27)31/h6-11H,2-5,12H2,1H3. The fourth-order valence-electron chi connectivity index (χ4n) is 4.14. The highest BCUT2D eigenvalue weighted by atomic mass is 19.1. The summed E-state index contributed by atoms with van der Waals surface area (Å²) in [4.78, 5) is 37.9. The first kappa shape index (κ1) is 20.8. The van der Waals surface area contributed by atoms with Gasteiger partial charge in [0.05, 0.1) is 24.0 Å². The van der Waals surface area contributed by atoms with Gasteiger partial charge in [0.2, 0.25) is 0 Å². The fraction of sp³-hybridized carbons (Fsp3) is 0.261. The van der Waals surface area contributed by atoms with E-state index >= 15 is 0 Å². The van der Waals surface area contributed by atoms with Crippen molar-refractivity contribution in [2.75, 3.05) is 18.6 Å². The van der Waals surface area contributed by atoms with Gasteiger partial charge < -0.3 is 9.47 Å². The van der Waals surface area contributed by atoms with Crippen molar-refractivity contribution in [1.29, 1.82) is 0 Å². The Kier molecular flexibility index (Phi) is 5.12. The van der Waals surface area contributed by atoms with Crippen LogP contribution in [-0.4, -0.2) is 46.5 Å². The van der Waals surface area contributed by atoms with E-state index in [1.165, 1.54) is 23.9 Å². The van der Waals surface area contributed by atoms with Crippen molar-refractivity contribution in [3.63, 3.8) is 0 Å². The number of hydrogen-bond acceptors (Lipinski definition) is 7. The van der Waals surface area contributed by atoms with E-state index in [4.69, 9.17) is 4.74 Å². The number of aromatic nitrogens is 3. The predicted octanol–water partition coefficient (Wildman–Crippen LogP) is 2.86. The maximum Gasteiger partial charge on any atom is 0.343 e. The van der Waals surface area contributed by atoms with E-state index in [0.29, 0.717) is 40.9 Å². The molecule has 1 aromatic heterocycles. The minimum Gasteiger partial charge on any atom is -0.482 e. The molecular weight excluding hydrogens is 431 g/mol. The summed E-state index contributed by atoms with van der Waals surface area (Å²) in [5.41, 5.74) is 2.16. The van der Waals surface area contributed by atoms with Crippen LogP contribution in [0, 0.1) is 5.82 Å². The summed E-state index contributed by atoms with van der Waals surface area (Å²) in [5, 5.41) is 8.10. The number of anilines is 1. The fourth-order valence-corrected chi connectivity index (χ4v) is 4.14. The number of fused-ring (bicyclic) bond motifs is 1. The first-order valence-corrected chi connectivity index (χ1v) is 10.4. The molecule has 0 bridgehead atoms. The second-order valence-corrected chi connectivity index (χ2v) is 7.76. The van der Waals surface area contributed by atoms with Gasteiger partial charge in [-0.2, -0.15) is 0 Å². The Morgan fingerprint density at radius 1 is 1.06 bits per heavy atom. The molecular formula is C23H19FN4O5. The van der Waals surface area contributed by atoms with E-state index in [1.807, 2.05) is 0 Å². The van der Waals surface area contributed by atoms with Crippen molar-refractivity contribution >= 4 is 34.5 Å². The first-order chi connectivity index (χ1) is 16.0. The van der Waals surface area contributed by atoms with Gasteiger partial charge in [0.15, 0.2) is 6.61 Å². The maximum absolute atomic E-state index is 14.9. The summed E-state index contributed by atoms with van der Waals surface area (Å²) in [7, 11) is 1.27. The van der Waals surface area contributed by atoms with Crippen molar-refractivity contribution in [2.24, 2.45) is 0 Å². The van der Waals surface area contributed by atoms with Crippen LogP contribution in [0.1, 0.15) is 25.7 Å². The summed E-state index contributed by atoms with van der Waals surface area (Å²) in [6.45, 7) is -0.222. The Morgan fingerprint density at radius 3 is 2.36 bits per heavy atom. The van der Waals surface area contributed by atoms with Crippen LogP contribution >= 0.6 is 0 Å². The van der Waals surface area contributed by atoms with Crippen LogP contribution in [0.15, 0.2) is 47.5 Å². The third-order valence-electron chi connectivity index (χ3n) is 5.81. The number of esters is 1. The Bertz CT molecular complexity index is 1300. The van der Waals surface area contributed by atoms with Crippen LogP contribution in [0.2, 0.25) is 0 Å². The van der Waals surface area contributed by atoms with E-state index in [0.717, 1.165) is 17.7 Å². The number of carbonyl (C=O) groups is 3. The molecule has 1 aliphatic heterocycles. The van der Waals surface area contributed by atoms with Gasteiger partial charge in [-0.3, -0.25) is 9.59 Å². The van der Waals surface area contributed by atoms with E-state index < -0.39 is 23.6 Å². The van der Waals surface area contributed by atoms with E-state index in [1.54, 1.807) is 24.3 Å². The molecule has 2 aliphatic rings. The van der Waals surface area contributed by atoms with E-state index in [2.05, 4.69) is 15.0 Å². The van der Waals surface area contributed by atoms with Crippen LogP contribution in [0.4, 0.5) is 10.1 Å². The topological polar surface area (TPSA) is 104 Å². The molecule has 0 unspecified atom stereocenters. The van der Waals surface area contributed by atoms with Gasteiger partial charge >= 0.3 is 5.97 Å². The van der Waals surface area contributed by atoms with Crippen LogP contribution in [-0.2, 0) is 19.1 Å². The monoisotopic (exact) mass is 450 g/mol. The number of rotatable bonds is 5. The van der Waals surface area contributed by atoms with Crippen LogP contribution in [0.3, 0.4) is 0 Å². The smallest absolute Gasteiger partial charge is 0.343 e. The molecule has 2 amide bonds. The highest BCUT2D eigenvalue weighted by Crippen LogP contribution is 2.37. The van der Waals surface area contributed by atoms with Crippen molar-refractivity contribution in [1.82, 2.24) is 15.0 Å². The van der Waals surface area contributed by atoms with Crippen LogP contribution in [0.25, 0.3) is 16.7 Å². The average Bonchev–Trinajstić information content (AvgIpc) is 3.35. The second-order valence-electron chi connectivity index (χ2n) is 7.76. The lowest BCUT2D eigenvalue weighted by molar-refractivity contribution is -0.142. The van der Waals surface area contributed by atoms with Crippen molar-refractivity contribution < 1.29 is 28.2 Å². The Balaban J connectivity index is 1.48. The normalized spacial score (nSPS) is 15.9. The molecule has 0 saturated carbocycles. The molecule has 33 heavy (non-hydrogen) atoms. The Morgan fingerprint density at radius 2 is 1.73 bits per heavy atom. The summed E-state index contributed by atoms with van der Waals surface area (Å²) in [6, 6.07) is 9.25. The molecule has 9 nitrogen and oxygen atoms in total. The first-order valence-electron chi connectivity index (χ1n) is 10.4. The zero-order valence-corrected chi connectivity index (χ0v) is 17.7. The molecule has 0 saturated heterocycles. The Hall–Kier alpha value is -4.08. The molecule has 168 valence electrons. The molecule has 0 fully saturated rings. The van der Waals surface area contributed by atoms with Crippen LogP contribution in [0.5, 0.6) is 5.75 Å². The zero-order chi connectivity index (χ0) is 23.1. The van der Waals surface area contributed by atoms with Gasteiger partial charge in [-0.05, 0) is 56.0 Å².